The van der Waals surface area contributed by atoms with E-state index in [4.69, 9.17) is 20.4 Å². The zero-order valence-corrected chi connectivity index (χ0v) is 24.9. The number of imidazole rings is 1. The van der Waals surface area contributed by atoms with E-state index in [1.165, 1.54) is 0 Å². The van der Waals surface area contributed by atoms with Gasteiger partial charge in [0.25, 0.3) is 0 Å². The molecule has 0 bridgehead atoms. The van der Waals surface area contributed by atoms with Crippen LogP contribution >= 0.6 is 0 Å². The maximum absolute atomic E-state index is 12.5. The van der Waals surface area contributed by atoms with Gasteiger partial charge in [0.1, 0.15) is 28.5 Å². The third-order valence-corrected chi connectivity index (χ3v) is 8.61. The fourth-order valence-electron chi connectivity index (χ4n) is 6.30. The number of nitrogens with two attached hydrogens (primary N) is 1. The van der Waals surface area contributed by atoms with E-state index in [-0.39, 0.29) is 6.09 Å². The average Bonchev–Trinajstić information content (AvgIpc) is 3.36. The summed E-state index contributed by atoms with van der Waals surface area (Å²) in [7, 11) is 0. The first-order valence-corrected chi connectivity index (χ1v) is 15.0. The second-order valence-electron chi connectivity index (χ2n) is 12.6. The average molecular weight is 576 g/mol. The van der Waals surface area contributed by atoms with Crippen LogP contribution in [0.15, 0.2) is 73.1 Å². The smallest absolute Gasteiger partial charge is 0.410 e. The van der Waals surface area contributed by atoms with E-state index >= 15 is 0 Å². The molecule has 0 spiro atoms. The van der Waals surface area contributed by atoms with Crippen LogP contribution in [-0.2, 0) is 4.74 Å². The molecule has 3 aromatic heterocycles. The van der Waals surface area contributed by atoms with Gasteiger partial charge in [-0.25, -0.2) is 19.7 Å². The highest BCUT2D eigenvalue weighted by Crippen LogP contribution is 2.42. The molecule has 0 atom stereocenters. The molecule has 1 saturated heterocycles. The molecular weight excluding hydrogens is 538 g/mol. The number of carbonyl (C=O) groups is 1. The summed E-state index contributed by atoms with van der Waals surface area (Å²) < 4.78 is 7.69. The van der Waals surface area contributed by atoms with E-state index in [0.717, 1.165) is 70.7 Å². The Morgan fingerprint density at radius 1 is 0.930 bits per heavy atom. The van der Waals surface area contributed by atoms with E-state index < -0.39 is 5.60 Å². The lowest BCUT2D eigenvalue weighted by molar-refractivity contribution is 0.00265. The molecule has 1 aliphatic carbocycles. The second kappa shape index (κ2) is 10.6. The lowest BCUT2D eigenvalue weighted by Gasteiger charge is -2.46. The fourth-order valence-corrected chi connectivity index (χ4v) is 6.30. The van der Waals surface area contributed by atoms with Gasteiger partial charge in [0.05, 0.1) is 11.2 Å². The van der Waals surface area contributed by atoms with Crippen LogP contribution < -0.4 is 5.73 Å². The summed E-state index contributed by atoms with van der Waals surface area (Å²) in [5.41, 5.74) is 11.6. The van der Waals surface area contributed by atoms with Crippen LogP contribution in [0.3, 0.4) is 0 Å². The zero-order chi connectivity index (χ0) is 29.7. The summed E-state index contributed by atoms with van der Waals surface area (Å²) in [5, 5.41) is 1.08. The normalized spacial score (nSPS) is 19.5. The lowest BCUT2D eigenvalue weighted by atomic mass is 9.78. The Labute approximate surface area is 251 Å². The Bertz CT molecular complexity index is 1800. The van der Waals surface area contributed by atoms with Crippen LogP contribution in [0, 0.1) is 0 Å². The predicted molar refractivity (Wildman–Crippen MR) is 169 cm³/mol. The molecule has 0 radical (unpaired) electrons. The molecule has 2 aromatic carbocycles. The lowest BCUT2D eigenvalue weighted by Crippen LogP contribution is -2.55. The van der Waals surface area contributed by atoms with Crippen molar-refractivity contribution in [3.05, 3.63) is 78.9 Å². The molecule has 5 aromatic rings. The minimum absolute atomic E-state index is 0.221. The Kier molecular flexibility index (Phi) is 6.77. The number of ether oxygens (including phenoxy) is 1. The third kappa shape index (κ3) is 5.29. The Balaban J connectivity index is 1.11. The molecule has 1 aliphatic heterocycles. The van der Waals surface area contributed by atoms with Gasteiger partial charge in [-0.05, 0) is 45.7 Å². The predicted octanol–water partition coefficient (Wildman–Crippen LogP) is 5.99. The number of benzene rings is 2. The van der Waals surface area contributed by atoms with Gasteiger partial charge in [0.2, 0.25) is 0 Å². The molecule has 9 nitrogen and oxygen atoms in total. The summed E-state index contributed by atoms with van der Waals surface area (Å²) in [5.74, 6) is 1.81. The van der Waals surface area contributed by atoms with Crippen LogP contribution in [0.1, 0.15) is 45.4 Å². The van der Waals surface area contributed by atoms with Crippen molar-refractivity contribution in [2.75, 3.05) is 31.9 Å². The van der Waals surface area contributed by atoms with E-state index in [1.807, 2.05) is 50.1 Å². The Hall–Kier alpha value is -4.50. The van der Waals surface area contributed by atoms with Gasteiger partial charge in [-0.15, -0.1) is 0 Å². The standard InChI is InChI=1S/C34H37N7O2/c1-34(2,3)43-33(42)40-17-15-39(16-18-40)26-19-25(20-26)32-38-29(30-31(35)36-13-14-41(30)32)24-10-9-23-11-12-27(37-28(23)21-24)22-7-5-4-6-8-22/h4-14,21,25-26H,15-20H2,1-3H3,(H2,35,36). The minimum atomic E-state index is -0.478. The molecule has 2 fully saturated rings. The van der Waals surface area contributed by atoms with Crippen LogP contribution in [0.2, 0.25) is 0 Å². The quantitative estimate of drug-likeness (QED) is 0.281. The van der Waals surface area contributed by atoms with Gasteiger partial charge in [-0.2, -0.15) is 0 Å². The Morgan fingerprint density at radius 3 is 2.42 bits per heavy atom. The molecule has 2 aliphatic rings. The van der Waals surface area contributed by atoms with Crippen LogP contribution in [0.5, 0.6) is 0 Å². The summed E-state index contributed by atoms with van der Waals surface area (Å²) in [4.78, 5) is 31.4. The van der Waals surface area contributed by atoms with Crippen molar-refractivity contribution < 1.29 is 9.53 Å². The first-order valence-electron chi connectivity index (χ1n) is 15.0. The molecule has 9 heteroatoms. The van der Waals surface area contributed by atoms with Crippen LogP contribution in [0.4, 0.5) is 10.6 Å². The van der Waals surface area contributed by atoms with Gasteiger partial charge in [-0.3, -0.25) is 9.30 Å². The van der Waals surface area contributed by atoms with Crippen molar-refractivity contribution in [2.24, 2.45) is 0 Å². The molecule has 7 rings (SSSR count). The van der Waals surface area contributed by atoms with E-state index in [1.54, 1.807) is 6.20 Å². The largest absolute Gasteiger partial charge is 0.444 e. The number of hydrogen-bond donors (Lipinski definition) is 1. The first kappa shape index (κ1) is 27.3. The van der Waals surface area contributed by atoms with Gasteiger partial charge >= 0.3 is 6.09 Å². The molecule has 220 valence electrons. The fraction of sp³-hybridized carbons (Fsp3) is 0.353. The van der Waals surface area contributed by atoms with Gasteiger partial charge in [0.15, 0.2) is 0 Å². The number of nitrogen functional groups attached to an aromatic ring is 1. The van der Waals surface area contributed by atoms with Crippen molar-refractivity contribution in [3.8, 4) is 22.5 Å². The monoisotopic (exact) mass is 575 g/mol. The molecule has 4 heterocycles. The molecule has 43 heavy (non-hydrogen) atoms. The summed E-state index contributed by atoms with van der Waals surface area (Å²) in [6, 6.07) is 21.2. The number of anilines is 1. The molecule has 1 saturated carbocycles. The number of rotatable bonds is 4. The van der Waals surface area contributed by atoms with Crippen LogP contribution in [-0.4, -0.2) is 73.1 Å². The number of carbonyl (C=O) groups excluding carboxylic acids is 1. The summed E-state index contributed by atoms with van der Waals surface area (Å²) in [6.45, 7) is 8.81. The summed E-state index contributed by atoms with van der Waals surface area (Å²) >= 11 is 0. The topological polar surface area (TPSA) is 102 Å². The highest BCUT2D eigenvalue weighted by atomic mass is 16.6. The number of fused-ring (bicyclic) bond motifs is 2. The maximum atomic E-state index is 12.5. The number of piperazine rings is 1. The van der Waals surface area contributed by atoms with Crippen LogP contribution in [0.25, 0.3) is 38.9 Å². The molecule has 2 N–H and O–H groups in total. The number of hydrogen-bond acceptors (Lipinski definition) is 7. The zero-order valence-electron chi connectivity index (χ0n) is 24.9. The van der Waals surface area contributed by atoms with Crippen molar-refractivity contribution in [1.29, 1.82) is 0 Å². The molecular formula is C34H37N7O2. The van der Waals surface area contributed by atoms with Crippen molar-refractivity contribution >= 4 is 28.3 Å². The van der Waals surface area contributed by atoms with E-state index in [2.05, 4.69) is 56.7 Å². The first-order chi connectivity index (χ1) is 20.7. The highest BCUT2D eigenvalue weighted by Gasteiger charge is 2.39. The van der Waals surface area contributed by atoms with Crippen molar-refractivity contribution in [2.45, 2.75) is 51.2 Å². The number of nitrogens with zero attached hydrogens (tertiary/aromatic N) is 6. The molecule has 1 amide bonds. The maximum Gasteiger partial charge on any atom is 0.410 e. The molecule has 0 unspecified atom stereocenters. The Morgan fingerprint density at radius 2 is 1.67 bits per heavy atom. The number of pyridine rings is 1. The van der Waals surface area contributed by atoms with Gasteiger partial charge in [-0.1, -0.05) is 48.5 Å². The number of amides is 1. The summed E-state index contributed by atoms with van der Waals surface area (Å²) in [6.07, 6.45) is 5.54. The van der Waals surface area contributed by atoms with Crippen molar-refractivity contribution in [1.82, 2.24) is 29.2 Å². The van der Waals surface area contributed by atoms with E-state index in [9.17, 15) is 4.79 Å². The minimum Gasteiger partial charge on any atom is -0.444 e. The van der Waals surface area contributed by atoms with Gasteiger partial charge in [0, 0.05) is 67.0 Å². The SMILES string of the molecule is CC(C)(C)OC(=O)N1CCN(C2CC(c3nc(-c4ccc5ccc(-c6ccccc6)nc5c4)c4c(N)nccn34)C2)CC1. The van der Waals surface area contributed by atoms with Gasteiger partial charge < -0.3 is 15.4 Å². The highest BCUT2D eigenvalue weighted by molar-refractivity contribution is 5.91. The third-order valence-electron chi connectivity index (χ3n) is 8.61. The van der Waals surface area contributed by atoms with Crippen molar-refractivity contribution in [3.63, 3.8) is 0 Å². The second-order valence-corrected chi connectivity index (χ2v) is 12.6. The van der Waals surface area contributed by atoms with E-state index in [0.29, 0.717) is 30.9 Å². The number of aromatic nitrogens is 4.